The topological polar surface area (TPSA) is 46.6 Å². The molecule has 2 heterocycles. The maximum atomic E-state index is 12.3. The largest absolute Gasteiger partial charge is 0.377 e. The molecule has 0 radical (unpaired) electrons. The molecule has 4 nitrogen and oxygen atoms in total. The molecule has 2 aliphatic heterocycles. The smallest absolute Gasteiger partial charge is 0.240 e. The molecule has 0 N–H and O–H groups in total. The second-order valence-electron chi connectivity index (χ2n) is 4.77. The summed E-state index contributed by atoms with van der Waals surface area (Å²) in [6.45, 7) is 0.702. The van der Waals surface area contributed by atoms with Gasteiger partial charge < -0.3 is 4.74 Å². The average Bonchev–Trinajstić information content (AvgIpc) is 2.99. The lowest BCUT2D eigenvalue weighted by Crippen LogP contribution is -2.33. The van der Waals surface area contributed by atoms with Crippen LogP contribution in [0, 0.1) is 5.92 Å². The van der Waals surface area contributed by atoms with Gasteiger partial charge in [0.05, 0.1) is 17.7 Å². The van der Waals surface area contributed by atoms with Gasteiger partial charge in [-0.1, -0.05) is 18.2 Å². The molecule has 0 saturated carbocycles. The number of rotatable bonds is 2. The number of carbonyl (C=O) groups is 2. The van der Waals surface area contributed by atoms with Crippen LogP contribution in [-0.2, 0) is 14.3 Å². The Kier molecular flexibility index (Phi) is 2.88. The van der Waals surface area contributed by atoms with Crippen molar-refractivity contribution >= 4 is 17.5 Å². The van der Waals surface area contributed by atoms with Gasteiger partial charge in [0.1, 0.15) is 0 Å². The summed E-state index contributed by atoms with van der Waals surface area (Å²) in [6.07, 6.45) is 2.06. The molecular weight excluding hydrogens is 230 g/mol. The standard InChI is InChI=1S/C14H15NO3/c16-13-9-11(12-7-4-8-18-12)14(17)15(13)10-5-2-1-3-6-10/h1-3,5-6,11-12H,4,7-9H2/t11-,12-/m1/s1. The number of carbonyl (C=O) groups excluding carboxylic acids is 2. The number of ether oxygens (including phenoxy) is 1. The van der Waals surface area contributed by atoms with Gasteiger partial charge in [-0.3, -0.25) is 14.5 Å². The van der Waals surface area contributed by atoms with E-state index < -0.39 is 0 Å². The van der Waals surface area contributed by atoms with Crippen molar-refractivity contribution in [2.45, 2.75) is 25.4 Å². The van der Waals surface area contributed by atoms with Gasteiger partial charge in [0, 0.05) is 13.0 Å². The van der Waals surface area contributed by atoms with Gasteiger partial charge in [-0.05, 0) is 25.0 Å². The fourth-order valence-electron chi connectivity index (χ4n) is 2.71. The highest BCUT2D eigenvalue weighted by molar-refractivity contribution is 6.21. The molecule has 2 aliphatic rings. The van der Waals surface area contributed by atoms with Crippen LogP contribution in [0.25, 0.3) is 0 Å². The van der Waals surface area contributed by atoms with Gasteiger partial charge in [-0.2, -0.15) is 0 Å². The summed E-state index contributed by atoms with van der Waals surface area (Å²) in [7, 11) is 0. The van der Waals surface area contributed by atoms with E-state index in [4.69, 9.17) is 4.74 Å². The SMILES string of the molecule is O=C1C[C@H]([C@H]2CCCO2)C(=O)N1c1ccccc1. The molecule has 18 heavy (non-hydrogen) atoms. The van der Waals surface area contributed by atoms with E-state index in [-0.39, 0.29) is 30.3 Å². The first-order valence-electron chi connectivity index (χ1n) is 6.31. The molecule has 94 valence electrons. The average molecular weight is 245 g/mol. The first-order valence-corrected chi connectivity index (χ1v) is 6.31. The molecule has 0 aromatic heterocycles. The van der Waals surface area contributed by atoms with Crippen molar-refractivity contribution in [1.82, 2.24) is 0 Å². The number of amides is 2. The Morgan fingerprint density at radius 2 is 1.94 bits per heavy atom. The number of para-hydroxylation sites is 1. The number of imide groups is 1. The fourth-order valence-corrected chi connectivity index (χ4v) is 2.71. The summed E-state index contributed by atoms with van der Waals surface area (Å²) < 4.78 is 5.54. The quantitative estimate of drug-likeness (QED) is 0.746. The zero-order chi connectivity index (χ0) is 12.5. The zero-order valence-electron chi connectivity index (χ0n) is 10.0. The number of hydrogen-bond acceptors (Lipinski definition) is 3. The summed E-state index contributed by atoms with van der Waals surface area (Å²) in [6, 6.07) is 9.10. The number of nitrogens with zero attached hydrogens (tertiary/aromatic N) is 1. The van der Waals surface area contributed by atoms with Crippen LogP contribution in [0.15, 0.2) is 30.3 Å². The molecule has 2 amide bonds. The summed E-state index contributed by atoms with van der Waals surface area (Å²) in [5, 5.41) is 0. The normalized spacial score (nSPS) is 28.1. The van der Waals surface area contributed by atoms with Crippen LogP contribution in [0.1, 0.15) is 19.3 Å². The van der Waals surface area contributed by atoms with Crippen molar-refractivity contribution in [3.63, 3.8) is 0 Å². The van der Waals surface area contributed by atoms with Crippen LogP contribution in [0.4, 0.5) is 5.69 Å². The fraction of sp³-hybridized carbons (Fsp3) is 0.429. The lowest BCUT2D eigenvalue weighted by atomic mass is 9.98. The monoisotopic (exact) mass is 245 g/mol. The van der Waals surface area contributed by atoms with E-state index in [0.717, 1.165) is 12.8 Å². The van der Waals surface area contributed by atoms with Crippen molar-refractivity contribution < 1.29 is 14.3 Å². The minimum absolute atomic E-state index is 0.0739. The predicted octanol–water partition coefficient (Wildman–Crippen LogP) is 1.75. The first-order chi connectivity index (χ1) is 8.77. The van der Waals surface area contributed by atoms with E-state index in [9.17, 15) is 9.59 Å². The second kappa shape index (κ2) is 4.53. The molecule has 3 rings (SSSR count). The van der Waals surface area contributed by atoms with Gasteiger partial charge in [0.15, 0.2) is 0 Å². The summed E-state index contributed by atoms with van der Waals surface area (Å²) >= 11 is 0. The Bertz CT molecular complexity index is 465. The van der Waals surface area contributed by atoms with Gasteiger partial charge in [-0.15, -0.1) is 0 Å². The minimum atomic E-state index is -0.291. The third-order valence-electron chi connectivity index (χ3n) is 3.61. The van der Waals surface area contributed by atoms with E-state index in [1.54, 1.807) is 12.1 Å². The van der Waals surface area contributed by atoms with E-state index in [1.807, 2.05) is 18.2 Å². The molecule has 2 fully saturated rings. The van der Waals surface area contributed by atoms with Crippen molar-refractivity contribution in [3.05, 3.63) is 30.3 Å². The van der Waals surface area contributed by atoms with E-state index >= 15 is 0 Å². The highest BCUT2D eigenvalue weighted by Crippen LogP contribution is 2.32. The molecule has 1 aromatic carbocycles. The number of benzene rings is 1. The summed E-state index contributed by atoms with van der Waals surface area (Å²) in [5.74, 6) is -0.523. The molecule has 0 aliphatic carbocycles. The molecule has 2 atom stereocenters. The third kappa shape index (κ3) is 1.82. The van der Waals surface area contributed by atoms with E-state index in [2.05, 4.69) is 0 Å². The zero-order valence-corrected chi connectivity index (χ0v) is 10.0. The van der Waals surface area contributed by atoms with E-state index in [0.29, 0.717) is 12.3 Å². The number of hydrogen-bond donors (Lipinski definition) is 0. The second-order valence-corrected chi connectivity index (χ2v) is 4.77. The Hall–Kier alpha value is -1.68. The lowest BCUT2D eigenvalue weighted by Gasteiger charge is -2.17. The van der Waals surface area contributed by atoms with Crippen LogP contribution in [0.3, 0.4) is 0 Å². The van der Waals surface area contributed by atoms with Crippen LogP contribution >= 0.6 is 0 Å². The van der Waals surface area contributed by atoms with Crippen molar-refractivity contribution in [1.29, 1.82) is 0 Å². The van der Waals surface area contributed by atoms with E-state index in [1.165, 1.54) is 4.90 Å². The molecule has 0 bridgehead atoms. The Balaban J connectivity index is 1.85. The molecule has 0 spiro atoms. The highest BCUT2D eigenvalue weighted by Gasteiger charge is 2.44. The van der Waals surface area contributed by atoms with Gasteiger partial charge in [0.25, 0.3) is 0 Å². The molecule has 4 heteroatoms. The third-order valence-corrected chi connectivity index (χ3v) is 3.61. The van der Waals surface area contributed by atoms with Crippen LogP contribution < -0.4 is 4.90 Å². The van der Waals surface area contributed by atoms with Crippen molar-refractivity contribution in [2.24, 2.45) is 5.92 Å². The van der Waals surface area contributed by atoms with Crippen LogP contribution in [0.2, 0.25) is 0 Å². The molecular formula is C14H15NO3. The Morgan fingerprint density at radius 3 is 2.61 bits per heavy atom. The van der Waals surface area contributed by atoms with Gasteiger partial charge in [-0.25, -0.2) is 0 Å². The lowest BCUT2D eigenvalue weighted by molar-refractivity contribution is -0.124. The highest BCUT2D eigenvalue weighted by atomic mass is 16.5. The van der Waals surface area contributed by atoms with Gasteiger partial charge >= 0.3 is 0 Å². The predicted molar refractivity (Wildman–Crippen MR) is 66.0 cm³/mol. The molecule has 2 saturated heterocycles. The summed E-state index contributed by atoms with van der Waals surface area (Å²) in [4.78, 5) is 25.6. The molecule has 1 aromatic rings. The Labute approximate surface area is 106 Å². The molecule has 0 unspecified atom stereocenters. The summed E-state index contributed by atoms with van der Waals surface area (Å²) in [5.41, 5.74) is 0.660. The number of anilines is 1. The maximum Gasteiger partial charge on any atom is 0.240 e. The van der Waals surface area contributed by atoms with Gasteiger partial charge in [0.2, 0.25) is 11.8 Å². The van der Waals surface area contributed by atoms with Crippen LogP contribution in [0.5, 0.6) is 0 Å². The minimum Gasteiger partial charge on any atom is -0.377 e. The Morgan fingerprint density at radius 1 is 1.17 bits per heavy atom. The van der Waals surface area contributed by atoms with Crippen molar-refractivity contribution in [2.75, 3.05) is 11.5 Å². The van der Waals surface area contributed by atoms with Crippen LogP contribution in [-0.4, -0.2) is 24.5 Å². The van der Waals surface area contributed by atoms with Crippen molar-refractivity contribution in [3.8, 4) is 0 Å². The first kappa shape index (κ1) is 11.4. The maximum absolute atomic E-state index is 12.3.